The maximum atomic E-state index is 12.8. The molecule has 0 fully saturated rings. The van der Waals surface area contributed by atoms with E-state index in [1.165, 1.54) is 47.4 Å². The quantitative estimate of drug-likeness (QED) is 0.539. The van der Waals surface area contributed by atoms with Gasteiger partial charge in [-0.15, -0.1) is 0 Å². The van der Waals surface area contributed by atoms with Gasteiger partial charge in [0.05, 0.1) is 17.6 Å². The van der Waals surface area contributed by atoms with Crippen LogP contribution in [0.2, 0.25) is 0 Å². The Labute approximate surface area is 165 Å². The predicted octanol–water partition coefficient (Wildman–Crippen LogP) is 5.04. The summed E-state index contributed by atoms with van der Waals surface area (Å²) in [7, 11) is 3.17. The van der Waals surface area contributed by atoms with Gasteiger partial charge >= 0.3 is 5.97 Å². The van der Waals surface area contributed by atoms with Crippen molar-refractivity contribution in [2.45, 2.75) is 13.3 Å². The smallest absolute Gasteiger partial charge is 0.338 e. The highest BCUT2D eigenvalue weighted by Gasteiger charge is 2.20. The number of rotatable bonds is 6. The SMILES string of the molecule is CCOC(=O)c1cc(Oc2ccc(C(F)F)cc2)c2cc(C(=O)N(C)C)oc2c1. The highest BCUT2D eigenvalue weighted by molar-refractivity contribution is 6.01. The van der Waals surface area contributed by atoms with Gasteiger partial charge in [0.2, 0.25) is 0 Å². The lowest BCUT2D eigenvalue weighted by Crippen LogP contribution is -2.20. The summed E-state index contributed by atoms with van der Waals surface area (Å²) >= 11 is 0. The second kappa shape index (κ2) is 8.30. The Morgan fingerprint density at radius 2 is 1.79 bits per heavy atom. The summed E-state index contributed by atoms with van der Waals surface area (Å²) in [4.78, 5) is 25.8. The van der Waals surface area contributed by atoms with Crippen LogP contribution in [0.3, 0.4) is 0 Å². The maximum absolute atomic E-state index is 12.8. The van der Waals surface area contributed by atoms with E-state index in [0.29, 0.717) is 11.1 Å². The first-order valence-electron chi connectivity index (χ1n) is 8.82. The van der Waals surface area contributed by atoms with E-state index in [9.17, 15) is 18.4 Å². The highest BCUT2D eigenvalue weighted by atomic mass is 19.3. The first kappa shape index (κ1) is 20.3. The minimum absolute atomic E-state index is 0.0731. The van der Waals surface area contributed by atoms with E-state index in [0.717, 1.165) is 0 Å². The van der Waals surface area contributed by atoms with Crippen LogP contribution in [-0.2, 0) is 4.74 Å². The van der Waals surface area contributed by atoms with Crippen molar-refractivity contribution < 1.29 is 32.3 Å². The van der Waals surface area contributed by atoms with Crippen molar-refractivity contribution >= 4 is 22.8 Å². The number of carbonyl (C=O) groups excluding carboxylic acids is 2. The molecule has 152 valence electrons. The molecule has 0 aliphatic rings. The van der Waals surface area contributed by atoms with Crippen LogP contribution in [0.5, 0.6) is 11.5 Å². The third-order valence-electron chi connectivity index (χ3n) is 4.09. The van der Waals surface area contributed by atoms with Crippen LogP contribution in [0.25, 0.3) is 11.0 Å². The van der Waals surface area contributed by atoms with Crippen molar-refractivity contribution in [1.82, 2.24) is 4.90 Å². The summed E-state index contributed by atoms with van der Waals surface area (Å²) in [5, 5.41) is 0.459. The Morgan fingerprint density at radius 3 is 2.38 bits per heavy atom. The van der Waals surface area contributed by atoms with Crippen LogP contribution in [0.4, 0.5) is 8.78 Å². The molecule has 0 radical (unpaired) electrons. The standard InChI is InChI=1S/C21H19F2NO5/c1-4-27-21(26)13-9-16(28-14-7-5-12(6-8-14)19(22)23)15-11-18(20(25)24(2)3)29-17(15)10-13/h5-11,19H,4H2,1-3H3. The Balaban J connectivity index is 2.06. The van der Waals surface area contributed by atoms with Crippen molar-refractivity contribution in [3.8, 4) is 11.5 Å². The average Bonchev–Trinajstić information content (AvgIpc) is 3.12. The van der Waals surface area contributed by atoms with E-state index in [1.807, 2.05) is 0 Å². The predicted molar refractivity (Wildman–Crippen MR) is 102 cm³/mol. The molecular formula is C21H19F2NO5. The van der Waals surface area contributed by atoms with Crippen molar-refractivity contribution in [2.75, 3.05) is 20.7 Å². The fourth-order valence-corrected chi connectivity index (χ4v) is 2.66. The Hall–Kier alpha value is -3.42. The van der Waals surface area contributed by atoms with Crippen molar-refractivity contribution in [3.05, 3.63) is 59.4 Å². The van der Waals surface area contributed by atoms with Gasteiger partial charge < -0.3 is 18.8 Å². The fraction of sp³-hybridized carbons (Fsp3) is 0.238. The van der Waals surface area contributed by atoms with Gasteiger partial charge in [-0.1, -0.05) is 0 Å². The zero-order valence-electron chi connectivity index (χ0n) is 16.1. The lowest BCUT2D eigenvalue weighted by molar-refractivity contribution is 0.0526. The van der Waals surface area contributed by atoms with Gasteiger partial charge in [-0.05, 0) is 43.3 Å². The van der Waals surface area contributed by atoms with Crippen LogP contribution in [0.1, 0.15) is 39.8 Å². The molecule has 1 heterocycles. The molecule has 3 rings (SSSR count). The molecule has 3 aromatic rings. The number of hydrogen-bond donors (Lipinski definition) is 0. The molecule has 0 N–H and O–H groups in total. The van der Waals surface area contributed by atoms with Crippen LogP contribution in [0, 0.1) is 0 Å². The van der Waals surface area contributed by atoms with Gasteiger partial charge in [-0.2, -0.15) is 0 Å². The van der Waals surface area contributed by atoms with Gasteiger partial charge in [0, 0.05) is 25.7 Å². The van der Waals surface area contributed by atoms with E-state index < -0.39 is 12.4 Å². The first-order valence-corrected chi connectivity index (χ1v) is 8.82. The number of hydrogen-bond acceptors (Lipinski definition) is 5. The lowest BCUT2D eigenvalue weighted by Gasteiger charge is -2.09. The van der Waals surface area contributed by atoms with E-state index in [4.69, 9.17) is 13.9 Å². The molecule has 0 saturated carbocycles. The molecule has 2 aromatic carbocycles. The lowest BCUT2D eigenvalue weighted by atomic mass is 10.1. The van der Waals surface area contributed by atoms with E-state index >= 15 is 0 Å². The second-order valence-electron chi connectivity index (χ2n) is 6.39. The topological polar surface area (TPSA) is 69.0 Å². The number of furan rings is 1. The molecule has 0 saturated heterocycles. The monoisotopic (exact) mass is 403 g/mol. The molecule has 0 spiro atoms. The number of esters is 1. The van der Waals surface area contributed by atoms with Crippen LogP contribution < -0.4 is 4.74 Å². The minimum atomic E-state index is -2.59. The van der Waals surface area contributed by atoms with Crippen molar-refractivity contribution in [3.63, 3.8) is 0 Å². The van der Waals surface area contributed by atoms with Crippen molar-refractivity contribution in [1.29, 1.82) is 0 Å². The number of halogens is 2. The summed E-state index contributed by atoms with van der Waals surface area (Å²) in [5.74, 6) is -0.338. The van der Waals surface area contributed by atoms with Crippen LogP contribution >= 0.6 is 0 Å². The molecule has 1 amide bonds. The van der Waals surface area contributed by atoms with E-state index in [-0.39, 0.29) is 40.7 Å². The number of amides is 1. The van der Waals surface area contributed by atoms with Crippen LogP contribution in [-0.4, -0.2) is 37.5 Å². The van der Waals surface area contributed by atoms with Gasteiger partial charge in [0.25, 0.3) is 12.3 Å². The molecule has 0 atom stereocenters. The van der Waals surface area contributed by atoms with Crippen molar-refractivity contribution in [2.24, 2.45) is 0 Å². The molecule has 0 aliphatic heterocycles. The number of benzene rings is 2. The molecule has 6 nitrogen and oxygen atoms in total. The summed E-state index contributed by atoms with van der Waals surface area (Å²) in [6, 6.07) is 9.74. The number of ether oxygens (including phenoxy) is 2. The maximum Gasteiger partial charge on any atom is 0.338 e. The molecule has 1 aromatic heterocycles. The number of fused-ring (bicyclic) bond motifs is 1. The average molecular weight is 403 g/mol. The minimum Gasteiger partial charge on any atom is -0.462 e. The molecule has 0 aliphatic carbocycles. The molecule has 0 bridgehead atoms. The fourth-order valence-electron chi connectivity index (χ4n) is 2.66. The second-order valence-corrected chi connectivity index (χ2v) is 6.39. The zero-order chi connectivity index (χ0) is 21.1. The van der Waals surface area contributed by atoms with Crippen LogP contribution in [0.15, 0.2) is 46.9 Å². The summed E-state index contributed by atoms with van der Waals surface area (Å²) < 4.78 is 41.9. The van der Waals surface area contributed by atoms with E-state index in [2.05, 4.69) is 0 Å². The molecular weight excluding hydrogens is 384 g/mol. The number of alkyl halides is 2. The Morgan fingerprint density at radius 1 is 1.10 bits per heavy atom. The van der Waals surface area contributed by atoms with Gasteiger partial charge in [-0.3, -0.25) is 4.79 Å². The third kappa shape index (κ3) is 4.37. The number of carbonyl (C=O) groups is 2. The number of nitrogens with zero attached hydrogens (tertiary/aromatic N) is 1. The van der Waals surface area contributed by atoms with Gasteiger partial charge in [0.15, 0.2) is 5.76 Å². The summed E-state index contributed by atoms with van der Waals surface area (Å²) in [6.07, 6.45) is -2.59. The summed E-state index contributed by atoms with van der Waals surface area (Å²) in [6.45, 7) is 1.86. The molecule has 0 unspecified atom stereocenters. The third-order valence-corrected chi connectivity index (χ3v) is 4.09. The zero-order valence-corrected chi connectivity index (χ0v) is 16.1. The molecule has 8 heteroatoms. The van der Waals surface area contributed by atoms with Gasteiger partial charge in [0.1, 0.15) is 17.1 Å². The van der Waals surface area contributed by atoms with Gasteiger partial charge in [-0.25, -0.2) is 13.6 Å². The summed E-state index contributed by atoms with van der Waals surface area (Å²) in [5.41, 5.74) is 0.307. The Kier molecular flexibility index (Phi) is 5.81. The van der Waals surface area contributed by atoms with E-state index in [1.54, 1.807) is 21.0 Å². The first-order chi connectivity index (χ1) is 13.8. The highest BCUT2D eigenvalue weighted by Crippen LogP contribution is 2.35. The Bertz CT molecular complexity index is 1040. The molecule has 29 heavy (non-hydrogen) atoms. The normalized spacial score (nSPS) is 11.0. The largest absolute Gasteiger partial charge is 0.462 e.